The lowest BCUT2D eigenvalue weighted by Gasteiger charge is -2.13. The normalized spacial score (nSPS) is 10.5. The summed E-state index contributed by atoms with van der Waals surface area (Å²) in [5.74, 6) is -1.24. The van der Waals surface area contributed by atoms with Crippen molar-refractivity contribution in [3.63, 3.8) is 0 Å². The topological polar surface area (TPSA) is 131 Å². The number of hydrogen-bond donors (Lipinski definition) is 3. The van der Waals surface area contributed by atoms with E-state index in [1.165, 1.54) is 38.5 Å². The number of methoxy groups -OCH3 is 2. The fourth-order valence-electron chi connectivity index (χ4n) is 4.59. The van der Waals surface area contributed by atoms with Crippen molar-refractivity contribution in [2.75, 3.05) is 24.9 Å². The number of carboxylic acids is 1. The van der Waals surface area contributed by atoms with E-state index in [1.807, 2.05) is 19.9 Å². The quantitative estimate of drug-likeness (QED) is 0.203. The van der Waals surface area contributed by atoms with Crippen LogP contribution < -0.4 is 20.1 Å². The summed E-state index contributed by atoms with van der Waals surface area (Å²) in [4.78, 5) is 49.7. The van der Waals surface area contributed by atoms with Gasteiger partial charge in [-0.2, -0.15) is 0 Å². The van der Waals surface area contributed by atoms with Crippen LogP contribution in [0.4, 0.5) is 11.4 Å². The second-order valence-electron chi connectivity index (χ2n) is 9.79. The van der Waals surface area contributed by atoms with Gasteiger partial charge in [0, 0.05) is 22.8 Å². The van der Waals surface area contributed by atoms with Crippen molar-refractivity contribution in [3.8, 4) is 11.5 Å². The molecule has 0 bridgehead atoms. The average molecular weight is 567 g/mol. The van der Waals surface area contributed by atoms with Gasteiger partial charge in [0.25, 0.3) is 11.8 Å². The highest BCUT2D eigenvalue weighted by atomic mass is 16.5. The monoisotopic (exact) mass is 566 g/mol. The third-order valence-corrected chi connectivity index (χ3v) is 6.56. The largest absolute Gasteiger partial charge is 0.497 e. The highest BCUT2D eigenvalue weighted by Crippen LogP contribution is 2.26. The maximum absolute atomic E-state index is 12.9. The maximum Gasteiger partial charge on any atom is 0.337 e. The second-order valence-corrected chi connectivity index (χ2v) is 9.79. The van der Waals surface area contributed by atoms with E-state index in [2.05, 4.69) is 10.6 Å². The predicted molar refractivity (Wildman–Crippen MR) is 159 cm³/mol. The molecule has 0 radical (unpaired) electrons. The molecule has 0 aliphatic heterocycles. The van der Waals surface area contributed by atoms with Gasteiger partial charge < -0.3 is 25.2 Å². The van der Waals surface area contributed by atoms with E-state index >= 15 is 0 Å². The number of carbonyl (C=O) groups excluding carboxylic acids is 3. The van der Waals surface area contributed by atoms with Crippen LogP contribution >= 0.6 is 0 Å². The SMILES string of the molecule is COc1cc(OC)cc(C(=O)Nc2ccc(Cc3ccc(NC(=O)c4cc(C)cc(C)c4)c(C=O)c3)cc2C(=O)O)c1. The van der Waals surface area contributed by atoms with Gasteiger partial charge in [0.1, 0.15) is 11.5 Å². The third-order valence-electron chi connectivity index (χ3n) is 6.56. The van der Waals surface area contributed by atoms with Crippen LogP contribution in [-0.4, -0.2) is 43.4 Å². The number of aldehydes is 1. The Bertz CT molecular complexity index is 1650. The number of carboxylic acid groups (broad SMARTS) is 1. The van der Waals surface area contributed by atoms with Crippen LogP contribution in [0.15, 0.2) is 72.8 Å². The molecule has 42 heavy (non-hydrogen) atoms. The van der Waals surface area contributed by atoms with Gasteiger partial charge in [0.15, 0.2) is 6.29 Å². The molecular weight excluding hydrogens is 536 g/mol. The van der Waals surface area contributed by atoms with Gasteiger partial charge in [0.2, 0.25) is 0 Å². The Morgan fingerprint density at radius 3 is 1.79 bits per heavy atom. The number of rotatable bonds is 10. The van der Waals surface area contributed by atoms with E-state index in [0.29, 0.717) is 46.6 Å². The lowest BCUT2D eigenvalue weighted by Crippen LogP contribution is -2.15. The highest BCUT2D eigenvalue weighted by molar-refractivity contribution is 6.08. The minimum absolute atomic E-state index is 0.0938. The summed E-state index contributed by atoms with van der Waals surface area (Å²) in [7, 11) is 2.93. The molecule has 9 nitrogen and oxygen atoms in total. The van der Waals surface area contributed by atoms with Crippen LogP contribution in [0.25, 0.3) is 0 Å². The molecule has 2 amide bonds. The smallest absolute Gasteiger partial charge is 0.337 e. The average Bonchev–Trinajstić information content (AvgIpc) is 2.97. The maximum atomic E-state index is 12.9. The van der Waals surface area contributed by atoms with Crippen LogP contribution in [0.5, 0.6) is 11.5 Å². The molecule has 3 N–H and O–H groups in total. The summed E-state index contributed by atoms with van der Waals surface area (Å²) in [6.07, 6.45) is 0.975. The van der Waals surface area contributed by atoms with E-state index in [9.17, 15) is 24.3 Å². The van der Waals surface area contributed by atoms with Crippen molar-refractivity contribution in [2.45, 2.75) is 20.3 Å². The number of ether oxygens (including phenoxy) is 2. The van der Waals surface area contributed by atoms with E-state index in [4.69, 9.17) is 9.47 Å². The standard InChI is InChI=1S/C33H30N2O7/c1-19-9-20(2)11-23(10-19)31(37)34-29-7-5-21(13-25(29)18-36)12-22-6-8-30(28(14-22)33(39)40)35-32(38)24-15-26(41-3)17-27(16-24)42-4/h5-11,13-18H,12H2,1-4H3,(H,34,37)(H,35,38)(H,39,40). The molecule has 0 aromatic heterocycles. The number of carbonyl (C=O) groups is 4. The third kappa shape index (κ3) is 7.00. The Morgan fingerprint density at radius 2 is 1.24 bits per heavy atom. The first kappa shape index (κ1) is 29.5. The number of anilines is 2. The number of aryl methyl sites for hydroxylation is 2. The number of nitrogens with one attached hydrogen (secondary N) is 2. The number of aromatic carboxylic acids is 1. The Hall–Kier alpha value is -5.44. The molecule has 0 saturated heterocycles. The van der Waals surface area contributed by atoms with Crippen LogP contribution in [0.2, 0.25) is 0 Å². The molecular formula is C33H30N2O7. The van der Waals surface area contributed by atoms with Crippen LogP contribution in [0.1, 0.15) is 63.7 Å². The molecule has 0 atom stereocenters. The zero-order chi connectivity index (χ0) is 30.4. The van der Waals surface area contributed by atoms with Crippen molar-refractivity contribution < 1.29 is 33.8 Å². The van der Waals surface area contributed by atoms with E-state index in [0.717, 1.165) is 16.7 Å². The Morgan fingerprint density at radius 1 is 0.714 bits per heavy atom. The molecule has 0 fully saturated rings. The van der Waals surface area contributed by atoms with Gasteiger partial charge in [0.05, 0.1) is 31.2 Å². The van der Waals surface area contributed by atoms with Gasteiger partial charge in [-0.3, -0.25) is 14.4 Å². The van der Waals surface area contributed by atoms with E-state index in [1.54, 1.807) is 42.5 Å². The Balaban J connectivity index is 1.53. The number of amides is 2. The molecule has 0 aliphatic carbocycles. The summed E-state index contributed by atoms with van der Waals surface area (Å²) < 4.78 is 10.4. The fourth-order valence-corrected chi connectivity index (χ4v) is 4.59. The Labute approximate surface area is 243 Å². The lowest BCUT2D eigenvalue weighted by molar-refractivity contribution is 0.0697. The molecule has 4 aromatic carbocycles. The van der Waals surface area contributed by atoms with Gasteiger partial charge in [-0.25, -0.2) is 4.79 Å². The van der Waals surface area contributed by atoms with Crippen molar-refractivity contribution >= 4 is 35.4 Å². The molecule has 0 spiro atoms. The van der Waals surface area contributed by atoms with E-state index in [-0.39, 0.29) is 22.7 Å². The molecule has 0 aliphatic rings. The molecule has 214 valence electrons. The second kappa shape index (κ2) is 12.8. The van der Waals surface area contributed by atoms with E-state index < -0.39 is 11.9 Å². The van der Waals surface area contributed by atoms with Crippen molar-refractivity contribution in [1.29, 1.82) is 0 Å². The highest BCUT2D eigenvalue weighted by Gasteiger charge is 2.17. The first-order valence-electron chi connectivity index (χ1n) is 13.0. The first-order valence-corrected chi connectivity index (χ1v) is 13.0. The summed E-state index contributed by atoms with van der Waals surface area (Å²) in [6, 6.07) is 19.9. The van der Waals surface area contributed by atoms with Gasteiger partial charge in [-0.15, -0.1) is 0 Å². The number of benzene rings is 4. The zero-order valence-corrected chi connectivity index (χ0v) is 23.6. The Kier molecular flexibility index (Phi) is 9.02. The van der Waals surface area contributed by atoms with Gasteiger partial charge in [-0.05, 0) is 79.9 Å². The van der Waals surface area contributed by atoms with Crippen LogP contribution in [-0.2, 0) is 6.42 Å². The van der Waals surface area contributed by atoms with Gasteiger partial charge >= 0.3 is 5.97 Å². The molecule has 0 unspecified atom stereocenters. The van der Waals surface area contributed by atoms with Gasteiger partial charge in [-0.1, -0.05) is 29.3 Å². The summed E-state index contributed by atoms with van der Waals surface area (Å²) in [5, 5.41) is 15.3. The molecule has 9 heteroatoms. The van der Waals surface area contributed by atoms with Crippen molar-refractivity contribution in [2.24, 2.45) is 0 Å². The predicted octanol–water partition coefficient (Wildman–Crippen LogP) is 5.93. The van der Waals surface area contributed by atoms with Crippen molar-refractivity contribution in [1.82, 2.24) is 0 Å². The summed E-state index contributed by atoms with van der Waals surface area (Å²) in [6.45, 7) is 3.81. The minimum atomic E-state index is -1.21. The first-order chi connectivity index (χ1) is 20.1. The molecule has 4 aromatic rings. The molecule has 4 rings (SSSR count). The van der Waals surface area contributed by atoms with Crippen LogP contribution in [0.3, 0.4) is 0 Å². The number of hydrogen-bond acceptors (Lipinski definition) is 6. The molecule has 0 heterocycles. The fraction of sp³-hybridized carbons (Fsp3) is 0.152. The minimum Gasteiger partial charge on any atom is -0.497 e. The lowest BCUT2D eigenvalue weighted by atomic mass is 9.99. The summed E-state index contributed by atoms with van der Waals surface area (Å²) >= 11 is 0. The van der Waals surface area contributed by atoms with Crippen molar-refractivity contribution in [3.05, 3.63) is 117 Å². The van der Waals surface area contributed by atoms with Crippen LogP contribution in [0, 0.1) is 13.8 Å². The summed E-state index contributed by atoms with van der Waals surface area (Å²) in [5.41, 5.74) is 4.72. The molecule has 0 saturated carbocycles. The zero-order valence-electron chi connectivity index (χ0n) is 23.6.